The van der Waals surface area contributed by atoms with Crippen molar-refractivity contribution in [1.82, 2.24) is 14.9 Å². The van der Waals surface area contributed by atoms with Gasteiger partial charge in [-0.1, -0.05) is 30.3 Å². The Morgan fingerprint density at radius 1 is 1.16 bits per heavy atom. The molecule has 2 aromatic carbocycles. The number of aliphatic hydroxyl groups is 1. The zero-order valence-corrected chi connectivity index (χ0v) is 22.3. The summed E-state index contributed by atoms with van der Waals surface area (Å²) in [4.78, 5) is 27.3. The average molecular weight is 517 g/mol. The molecule has 0 aliphatic carbocycles. The molecular weight excluding hydrogens is 484 g/mol. The minimum atomic E-state index is -0.383. The van der Waals surface area contributed by atoms with Crippen molar-refractivity contribution in [3.8, 4) is 5.75 Å². The molecule has 1 aliphatic heterocycles. The minimum absolute atomic E-state index is 0.117. The lowest BCUT2D eigenvalue weighted by molar-refractivity contribution is 0.0724. The maximum Gasteiger partial charge on any atom is 0.273 e. The molecule has 192 valence electrons. The molecule has 4 aromatic rings. The zero-order valence-electron chi connectivity index (χ0n) is 21.5. The van der Waals surface area contributed by atoms with Crippen LogP contribution in [0.25, 0.3) is 10.9 Å². The Labute approximate surface area is 221 Å². The summed E-state index contributed by atoms with van der Waals surface area (Å²) in [6.45, 7) is 6.13. The molecule has 1 aliphatic rings. The number of piperidine rings is 1. The monoisotopic (exact) mass is 516 g/mol. The highest BCUT2D eigenvalue weighted by atomic mass is 32.1. The fourth-order valence-electron chi connectivity index (χ4n) is 4.90. The molecule has 7 nitrogen and oxygen atoms in total. The summed E-state index contributed by atoms with van der Waals surface area (Å²) in [5, 5.41) is 14.1. The largest absolute Gasteiger partial charge is 0.497 e. The van der Waals surface area contributed by atoms with Gasteiger partial charge >= 0.3 is 0 Å². The van der Waals surface area contributed by atoms with Gasteiger partial charge in [-0.05, 0) is 56.0 Å². The molecule has 3 heterocycles. The van der Waals surface area contributed by atoms with Crippen molar-refractivity contribution >= 4 is 34.0 Å². The van der Waals surface area contributed by atoms with Crippen LogP contribution in [-0.2, 0) is 13.1 Å². The molecule has 1 atom stereocenters. The van der Waals surface area contributed by atoms with Crippen molar-refractivity contribution in [2.24, 2.45) is 0 Å². The second-order valence-electron chi connectivity index (χ2n) is 9.62. The van der Waals surface area contributed by atoms with Crippen LogP contribution in [0.3, 0.4) is 0 Å². The molecule has 1 amide bonds. The van der Waals surface area contributed by atoms with E-state index in [9.17, 15) is 9.90 Å². The van der Waals surface area contributed by atoms with Crippen LogP contribution < -0.4 is 9.64 Å². The Hall–Kier alpha value is -3.49. The van der Waals surface area contributed by atoms with Gasteiger partial charge in [-0.25, -0.2) is 9.97 Å². The lowest BCUT2D eigenvalue weighted by Crippen LogP contribution is -2.40. The van der Waals surface area contributed by atoms with Crippen LogP contribution >= 0.6 is 11.3 Å². The van der Waals surface area contributed by atoms with E-state index in [1.165, 1.54) is 11.3 Å². The van der Waals surface area contributed by atoms with Gasteiger partial charge in [0.25, 0.3) is 5.91 Å². The fourth-order valence-corrected chi connectivity index (χ4v) is 5.48. The summed E-state index contributed by atoms with van der Waals surface area (Å²) < 4.78 is 5.31. The van der Waals surface area contributed by atoms with E-state index in [1.807, 2.05) is 47.5 Å². The van der Waals surface area contributed by atoms with Crippen LogP contribution in [-0.4, -0.2) is 52.2 Å². The fraction of sp³-hybridized carbons (Fsp3) is 0.345. The van der Waals surface area contributed by atoms with Gasteiger partial charge in [0.05, 0.1) is 30.3 Å². The Kier molecular flexibility index (Phi) is 7.39. The number of benzene rings is 2. The van der Waals surface area contributed by atoms with Gasteiger partial charge in [0.1, 0.15) is 17.3 Å². The quantitative estimate of drug-likeness (QED) is 0.367. The number of para-hydroxylation sites is 1. The number of aryl methyl sites for hydroxylation is 2. The molecule has 0 bridgehead atoms. The molecule has 8 heteroatoms. The van der Waals surface area contributed by atoms with E-state index in [-0.39, 0.29) is 12.0 Å². The summed E-state index contributed by atoms with van der Waals surface area (Å²) in [6, 6.07) is 16.1. The number of nitrogens with zero attached hydrogens (tertiary/aromatic N) is 4. The van der Waals surface area contributed by atoms with Gasteiger partial charge in [-0.2, -0.15) is 0 Å². The number of carbonyl (C=O) groups is 1. The van der Waals surface area contributed by atoms with Gasteiger partial charge in [-0.15, -0.1) is 11.3 Å². The van der Waals surface area contributed by atoms with E-state index in [1.54, 1.807) is 7.11 Å². The Balaban J connectivity index is 1.56. The molecule has 0 radical (unpaired) electrons. The summed E-state index contributed by atoms with van der Waals surface area (Å²) in [7, 11) is 1.64. The smallest absolute Gasteiger partial charge is 0.273 e. The van der Waals surface area contributed by atoms with Gasteiger partial charge in [0.2, 0.25) is 0 Å². The normalized spacial score (nSPS) is 15.7. The van der Waals surface area contributed by atoms with Crippen LogP contribution in [0, 0.1) is 13.8 Å². The second kappa shape index (κ2) is 10.9. The van der Waals surface area contributed by atoms with Crippen molar-refractivity contribution in [2.45, 2.75) is 45.9 Å². The van der Waals surface area contributed by atoms with E-state index >= 15 is 0 Å². The highest BCUT2D eigenvalue weighted by molar-refractivity contribution is 7.09. The van der Waals surface area contributed by atoms with Crippen molar-refractivity contribution in [3.63, 3.8) is 0 Å². The van der Waals surface area contributed by atoms with Crippen LogP contribution in [0.15, 0.2) is 53.9 Å². The number of rotatable bonds is 7. The topological polar surface area (TPSA) is 78.8 Å². The predicted molar refractivity (Wildman–Crippen MR) is 147 cm³/mol. The first kappa shape index (κ1) is 25.2. The lowest BCUT2D eigenvalue weighted by atomic mass is 10.0. The number of β-amino-alcohol motifs (C(OH)–C–C–N with tert-alkyl or cyclic N) is 1. The standard InChI is InChI=1S/C29H32N4O3S/c1-19-6-4-7-22-14-23(28(31-27(19)22)32-13-5-8-24(34)17-32)16-33(29(35)26-18-37-20(2)30-26)15-21-9-11-25(36-3)12-10-21/h4,6-7,9-12,14,18,24,34H,5,8,13,15-17H2,1-3H3/t24-/m0/s1. The molecule has 2 aromatic heterocycles. The number of hydrogen-bond donors (Lipinski definition) is 1. The molecular formula is C29H32N4O3S. The van der Waals surface area contributed by atoms with E-state index < -0.39 is 0 Å². The number of ether oxygens (including phenoxy) is 1. The number of fused-ring (bicyclic) bond motifs is 1. The molecule has 1 N–H and O–H groups in total. The molecule has 1 fully saturated rings. The molecule has 37 heavy (non-hydrogen) atoms. The number of anilines is 1. The number of aromatic nitrogens is 2. The molecule has 0 unspecified atom stereocenters. The third-order valence-corrected chi connectivity index (χ3v) is 7.59. The van der Waals surface area contributed by atoms with Gasteiger partial charge in [-0.3, -0.25) is 4.79 Å². The first-order valence-electron chi connectivity index (χ1n) is 12.6. The maximum absolute atomic E-state index is 13.7. The molecule has 0 saturated carbocycles. The highest BCUT2D eigenvalue weighted by Gasteiger charge is 2.25. The van der Waals surface area contributed by atoms with E-state index in [0.717, 1.165) is 63.6 Å². The number of methoxy groups -OCH3 is 1. The van der Waals surface area contributed by atoms with Gasteiger partial charge in [0.15, 0.2) is 0 Å². The number of amides is 1. The first-order chi connectivity index (χ1) is 17.9. The van der Waals surface area contributed by atoms with Crippen molar-refractivity contribution in [2.75, 3.05) is 25.1 Å². The highest BCUT2D eigenvalue weighted by Crippen LogP contribution is 2.30. The maximum atomic E-state index is 13.7. The molecule has 1 saturated heterocycles. The van der Waals surface area contributed by atoms with Gasteiger partial charge < -0.3 is 19.6 Å². The summed E-state index contributed by atoms with van der Waals surface area (Å²) >= 11 is 1.47. The number of hydrogen-bond acceptors (Lipinski definition) is 7. The summed E-state index contributed by atoms with van der Waals surface area (Å²) in [5.74, 6) is 1.49. The number of aliphatic hydroxyl groups excluding tert-OH is 1. The third-order valence-electron chi connectivity index (χ3n) is 6.82. The average Bonchev–Trinajstić information content (AvgIpc) is 3.34. The Morgan fingerprint density at radius 2 is 1.97 bits per heavy atom. The zero-order chi connectivity index (χ0) is 25.9. The third kappa shape index (κ3) is 5.60. The van der Waals surface area contributed by atoms with E-state index in [0.29, 0.717) is 25.3 Å². The number of pyridine rings is 1. The van der Waals surface area contributed by atoms with Crippen molar-refractivity contribution in [1.29, 1.82) is 0 Å². The van der Waals surface area contributed by atoms with E-state index in [4.69, 9.17) is 9.72 Å². The van der Waals surface area contributed by atoms with Crippen LogP contribution in [0.1, 0.15) is 45.0 Å². The van der Waals surface area contributed by atoms with E-state index in [2.05, 4.69) is 35.0 Å². The predicted octanol–water partition coefficient (Wildman–Crippen LogP) is 5.12. The van der Waals surface area contributed by atoms with Gasteiger partial charge in [0, 0.05) is 36.0 Å². The summed E-state index contributed by atoms with van der Waals surface area (Å²) in [5.41, 5.74) is 4.47. The van der Waals surface area contributed by atoms with Crippen molar-refractivity contribution < 1.29 is 14.6 Å². The number of thiazole rings is 1. The molecule has 0 spiro atoms. The lowest BCUT2D eigenvalue weighted by Gasteiger charge is -2.33. The van der Waals surface area contributed by atoms with Crippen LogP contribution in [0.2, 0.25) is 0 Å². The summed E-state index contributed by atoms with van der Waals surface area (Å²) in [6.07, 6.45) is 1.32. The minimum Gasteiger partial charge on any atom is -0.497 e. The van der Waals surface area contributed by atoms with Crippen molar-refractivity contribution in [3.05, 3.63) is 81.3 Å². The van der Waals surface area contributed by atoms with Crippen LogP contribution in [0.5, 0.6) is 5.75 Å². The second-order valence-corrected chi connectivity index (χ2v) is 10.7. The SMILES string of the molecule is COc1ccc(CN(Cc2cc3cccc(C)c3nc2N2CCC[C@H](O)C2)C(=O)c2csc(C)n2)cc1. The Morgan fingerprint density at radius 3 is 2.68 bits per heavy atom. The van der Waals surface area contributed by atoms with Crippen LogP contribution in [0.4, 0.5) is 5.82 Å². The first-order valence-corrected chi connectivity index (χ1v) is 13.5. The molecule has 5 rings (SSSR count). The number of carbonyl (C=O) groups excluding carboxylic acids is 1. The Bertz CT molecular complexity index is 1400.